The second kappa shape index (κ2) is 5.33. The fourth-order valence-electron chi connectivity index (χ4n) is 2.88. The molecular formula is C13H13ClN4O2S. The first kappa shape index (κ1) is 14.4. The average molecular weight is 325 g/mol. The largest absolute Gasteiger partial charge is 0.336 e. The number of fused-ring (bicyclic) bond motifs is 1. The SMILES string of the molecule is [N-]=[N+]=N[C@H]1C(=O)N2CC(Cl)(S(=O)c3ccccc3)CC[C@H]12. The van der Waals surface area contributed by atoms with Crippen LogP contribution in [0.15, 0.2) is 40.3 Å². The number of halogens is 1. The Hall–Kier alpha value is -1.56. The van der Waals surface area contributed by atoms with Gasteiger partial charge in [0, 0.05) is 15.8 Å². The molecule has 2 aliphatic heterocycles. The number of amides is 1. The zero-order valence-corrected chi connectivity index (χ0v) is 12.6. The second-order valence-corrected chi connectivity index (χ2v) is 7.92. The summed E-state index contributed by atoms with van der Waals surface area (Å²) in [5.41, 5.74) is 8.46. The van der Waals surface area contributed by atoms with Gasteiger partial charge in [-0.15, -0.1) is 11.6 Å². The van der Waals surface area contributed by atoms with E-state index in [2.05, 4.69) is 10.0 Å². The Labute approximate surface area is 129 Å². The van der Waals surface area contributed by atoms with Crippen LogP contribution in [0, 0.1) is 0 Å². The third-order valence-corrected chi connectivity index (χ3v) is 6.41. The minimum atomic E-state index is -1.40. The van der Waals surface area contributed by atoms with Crippen molar-refractivity contribution in [3.8, 4) is 0 Å². The Morgan fingerprint density at radius 3 is 2.81 bits per heavy atom. The Kier molecular flexibility index (Phi) is 3.65. The minimum Gasteiger partial charge on any atom is -0.336 e. The lowest BCUT2D eigenvalue weighted by Gasteiger charge is -2.52. The molecule has 2 fully saturated rings. The van der Waals surface area contributed by atoms with Gasteiger partial charge in [0.15, 0.2) is 0 Å². The number of carbonyl (C=O) groups is 1. The number of β-lactam (4-membered cyclic amide) rings is 1. The summed E-state index contributed by atoms with van der Waals surface area (Å²) in [6, 6.07) is 8.29. The van der Waals surface area contributed by atoms with Gasteiger partial charge in [0.05, 0.1) is 17.3 Å². The quantitative estimate of drug-likeness (QED) is 0.281. The van der Waals surface area contributed by atoms with Gasteiger partial charge in [0.25, 0.3) is 0 Å². The van der Waals surface area contributed by atoms with Gasteiger partial charge in [-0.1, -0.05) is 23.3 Å². The molecule has 0 bridgehead atoms. The van der Waals surface area contributed by atoms with E-state index in [1.54, 1.807) is 17.0 Å². The first-order chi connectivity index (χ1) is 10.1. The molecule has 21 heavy (non-hydrogen) atoms. The van der Waals surface area contributed by atoms with Gasteiger partial charge in [-0.05, 0) is 30.5 Å². The Bertz CT molecular complexity index is 649. The van der Waals surface area contributed by atoms with E-state index in [9.17, 15) is 9.00 Å². The Morgan fingerprint density at radius 1 is 1.43 bits per heavy atom. The molecule has 110 valence electrons. The monoisotopic (exact) mass is 324 g/mol. The Balaban J connectivity index is 1.79. The van der Waals surface area contributed by atoms with Crippen LogP contribution in [0.2, 0.25) is 0 Å². The van der Waals surface area contributed by atoms with Crippen molar-refractivity contribution in [2.24, 2.45) is 5.11 Å². The maximum absolute atomic E-state index is 12.7. The number of benzene rings is 1. The van der Waals surface area contributed by atoms with Gasteiger partial charge in [-0.2, -0.15) is 0 Å². The highest BCUT2D eigenvalue weighted by Gasteiger charge is 2.55. The molecule has 4 atom stereocenters. The fraction of sp³-hybridized carbons (Fsp3) is 0.462. The van der Waals surface area contributed by atoms with Crippen molar-refractivity contribution in [3.63, 3.8) is 0 Å². The van der Waals surface area contributed by atoms with Gasteiger partial charge < -0.3 is 4.90 Å². The standard InChI is InChI=1S/C13H13ClN4O2S/c14-13(21(20)9-4-2-1-3-5-9)7-6-10-11(16-17-15)12(19)18(10)8-13/h1-5,10-11H,6-8H2/t10-,11-,13?,21?/m1/s1. The summed E-state index contributed by atoms with van der Waals surface area (Å²) in [6.07, 6.45) is 1.11. The third-order valence-electron chi connectivity index (χ3n) is 3.99. The van der Waals surface area contributed by atoms with E-state index < -0.39 is 21.0 Å². The number of carbonyl (C=O) groups excluding carboxylic acids is 1. The van der Waals surface area contributed by atoms with Crippen molar-refractivity contribution in [2.45, 2.75) is 34.0 Å². The van der Waals surface area contributed by atoms with Crippen molar-refractivity contribution < 1.29 is 9.00 Å². The summed E-state index contributed by atoms with van der Waals surface area (Å²) in [5.74, 6) is -0.229. The molecule has 8 heteroatoms. The van der Waals surface area contributed by atoms with Gasteiger partial charge in [-0.25, -0.2) is 0 Å². The van der Waals surface area contributed by atoms with Crippen LogP contribution in [0.25, 0.3) is 10.4 Å². The maximum Gasteiger partial charge on any atom is 0.234 e. The molecule has 2 unspecified atom stereocenters. The zero-order chi connectivity index (χ0) is 15.0. The highest BCUT2D eigenvalue weighted by Crippen LogP contribution is 2.42. The molecule has 1 amide bonds. The van der Waals surface area contributed by atoms with E-state index in [1.165, 1.54) is 0 Å². The number of hydrogen-bond acceptors (Lipinski definition) is 3. The average Bonchev–Trinajstić information content (AvgIpc) is 2.53. The van der Waals surface area contributed by atoms with Crippen LogP contribution in [0.4, 0.5) is 0 Å². The first-order valence-corrected chi connectivity index (χ1v) is 8.10. The van der Waals surface area contributed by atoms with E-state index in [4.69, 9.17) is 17.1 Å². The molecule has 0 spiro atoms. The van der Waals surface area contributed by atoms with Crippen molar-refractivity contribution in [1.82, 2.24) is 4.90 Å². The second-order valence-electron chi connectivity index (χ2n) is 5.19. The summed E-state index contributed by atoms with van der Waals surface area (Å²) >= 11 is 6.55. The third kappa shape index (κ3) is 2.31. The minimum absolute atomic E-state index is 0.104. The van der Waals surface area contributed by atoms with Crippen molar-refractivity contribution in [2.75, 3.05) is 6.54 Å². The number of nitrogens with zero attached hydrogens (tertiary/aromatic N) is 4. The van der Waals surface area contributed by atoms with Gasteiger partial charge in [-0.3, -0.25) is 9.00 Å². The predicted molar refractivity (Wildman–Crippen MR) is 79.1 cm³/mol. The van der Waals surface area contributed by atoms with Crippen molar-refractivity contribution >= 4 is 28.3 Å². The van der Waals surface area contributed by atoms with Gasteiger partial charge in [0.2, 0.25) is 5.91 Å². The van der Waals surface area contributed by atoms with E-state index in [0.717, 1.165) is 0 Å². The van der Waals surface area contributed by atoms with Crippen LogP contribution < -0.4 is 0 Å². The predicted octanol–water partition coefficient (Wildman–Crippen LogP) is 2.41. The molecule has 2 aliphatic rings. The Morgan fingerprint density at radius 2 is 2.14 bits per heavy atom. The smallest absolute Gasteiger partial charge is 0.234 e. The lowest BCUT2D eigenvalue weighted by atomic mass is 9.86. The molecular weight excluding hydrogens is 312 g/mol. The molecule has 3 rings (SSSR count). The van der Waals surface area contributed by atoms with Crippen LogP contribution in [-0.4, -0.2) is 37.9 Å². The molecule has 0 saturated carbocycles. The number of rotatable bonds is 3. The molecule has 1 aromatic rings. The van der Waals surface area contributed by atoms with E-state index in [0.29, 0.717) is 17.7 Å². The number of alkyl halides is 1. The van der Waals surface area contributed by atoms with E-state index in [-0.39, 0.29) is 18.5 Å². The molecule has 0 N–H and O–H groups in total. The van der Waals surface area contributed by atoms with E-state index in [1.807, 2.05) is 18.2 Å². The fourth-order valence-corrected chi connectivity index (χ4v) is 4.77. The summed E-state index contributed by atoms with van der Waals surface area (Å²) < 4.78 is 11.7. The summed E-state index contributed by atoms with van der Waals surface area (Å²) in [5, 5.41) is 3.52. The summed E-state index contributed by atoms with van der Waals surface area (Å²) in [6.45, 7) is 0.219. The summed E-state index contributed by atoms with van der Waals surface area (Å²) in [4.78, 5) is 16.9. The zero-order valence-electron chi connectivity index (χ0n) is 11.1. The molecule has 2 saturated heterocycles. The molecule has 0 aliphatic carbocycles. The maximum atomic E-state index is 12.7. The number of hydrogen-bond donors (Lipinski definition) is 0. The molecule has 6 nitrogen and oxygen atoms in total. The molecule has 0 aromatic heterocycles. The molecule has 1 aromatic carbocycles. The summed E-state index contributed by atoms with van der Waals surface area (Å²) in [7, 11) is -1.40. The molecule has 2 heterocycles. The highest BCUT2D eigenvalue weighted by atomic mass is 35.5. The number of azide groups is 1. The number of piperidine rings is 1. The lowest BCUT2D eigenvalue weighted by Crippen LogP contribution is -2.69. The highest BCUT2D eigenvalue weighted by molar-refractivity contribution is 7.88. The molecule has 0 radical (unpaired) electrons. The van der Waals surface area contributed by atoms with Crippen molar-refractivity contribution in [3.05, 3.63) is 40.8 Å². The normalized spacial score (nSPS) is 32.6. The first-order valence-electron chi connectivity index (χ1n) is 6.57. The van der Waals surface area contributed by atoms with Crippen LogP contribution in [0.5, 0.6) is 0 Å². The topological polar surface area (TPSA) is 86.1 Å². The van der Waals surface area contributed by atoms with Crippen LogP contribution >= 0.6 is 11.6 Å². The van der Waals surface area contributed by atoms with E-state index >= 15 is 0 Å². The van der Waals surface area contributed by atoms with Crippen LogP contribution in [0.1, 0.15) is 12.8 Å². The van der Waals surface area contributed by atoms with Gasteiger partial charge >= 0.3 is 0 Å². The van der Waals surface area contributed by atoms with Crippen LogP contribution in [0.3, 0.4) is 0 Å². The van der Waals surface area contributed by atoms with Crippen LogP contribution in [-0.2, 0) is 15.6 Å². The van der Waals surface area contributed by atoms with Gasteiger partial charge in [0.1, 0.15) is 10.2 Å². The van der Waals surface area contributed by atoms with Crippen molar-refractivity contribution in [1.29, 1.82) is 0 Å². The lowest BCUT2D eigenvalue weighted by molar-refractivity contribution is -0.151.